The molecule has 0 saturated carbocycles. The Hall–Kier alpha value is -2.27. The summed E-state index contributed by atoms with van der Waals surface area (Å²) in [4.78, 5) is 0. The van der Waals surface area contributed by atoms with Crippen LogP contribution in [-0.4, -0.2) is 10.3 Å². The van der Waals surface area contributed by atoms with Gasteiger partial charge in [0.25, 0.3) is 0 Å². The molecule has 1 aromatic carbocycles. The zero-order chi connectivity index (χ0) is 14.1. The summed E-state index contributed by atoms with van der Waals surface area (Å²) in [7, 11) is 0. The summed E-state index contributed by atoms with van der Waals surface area (Å²) in [6.45, 7) is 0. The molecule has 0 spiro atoms. The predicted octanol–water partition coefficient (Wildman–Crippen LogP) is 3.33. The number of allylic oxidation sites excluding steroid dienone is 3. The van der Waals surface area contributed by atoms with Crippen molar-refractivity contribution in [2.24, 2.45) is 0 Å². The molecule has 1 heterocycles. The summed E-state index contributed by atoms with van der Waals surface area (Å²) in [6.07, 6.45) is 7.90. The van der Waals surface area contributed by atoms with Gasteiger partial charge in [-0.2, -0.15) is 0 Å². The van der Waals surface area contributed by atoms with Crippen LogP contribution in [0.4, 0.5) is 10.1 Å². The lowest BCUT2D eigenvalue weighted by atomic mass is 9.95. The number of hydrogen-bond donors (Lipinski definition) is 2. The maximum absolute atomic E-state index is 13.4. The van der Waals surface area contributed by atoms with E-state index in [1.807, 2.05) is 6.08 Å². The summed E-state index contributed by atoms with van der Waals surface area (Å²) in [5.74, 6) is 0.515. The highest BCUT2D eigenvalue weighted by atomic mass is 19.1. The summed E-state index contributed by atoms with van der Waals surface area (Å²) < 4.78 is 19.2. The molecule has 104 valence electrons. The first-order valence-corrected chi connectivity index (χ1v) is 6.48. The molecule has 20 heavy (non-hydrogen) atoms. The maximum atomic E-state index is 13.4. The van der Waals surface area contributed by atoms with Gasteiger partial charge in [0, 0.05) is 17.8 Å². The SMILES string of the molecule is Nc1ccc(OC2=C3CCCC=C3N(O)C=C2)cc1F. The minimum Gasteiger partial charge on any atom is -0.457 e. The molecule has 3 N–H and O–H groups in total. The molecular weight excluding hydrogens is 259 g/mol. The topological polar surface area (TPSA) is 58.7 Å². The Morgan fingerprint density at radius 2 is 2.20 bits per heavy atom. The Morgan fingerprint density at radius 1 is 1.35 bits per heavy atom. The molecule has 1 aliphatic carbocycles. The van der Waals surface area contributed by atoms with Gasteiger partial charge in [-0.1, -0.05) is 6.08 Å². The van der Waals surface area contributed by atoms with Gasteiger partial charge in [0.05, 0.1) is 11.4 Å². The Morgan fingerprint density at radius 3 is 3.00 bits per heavy atom. The molecule has 2 aliphatic rings. The molecule has 0 fully saturated rings. The van der Waals surface area contributed by atoms with Crippen molar-refractivity contribution >= 4 is 5.69 Å². The Labute approximate surface area is 116 Å². The number of anilines is 1. The van der Waals surface area contributed by atoms with Crippen molar-refractivity contribution in [1.82, 2.24) is 5.06 Å². The van der Waals surface area contributed by atoms with E-state index in [4.69, 9.17) is 10.5 Å². The van der Waals surface area contributed by atoms with Crippen LogP contribution in [0.15, 0.2) is 53.6 Å². The fourth-order valence-electron chi connectivity index (χ4n) is 2.36. The van der Waals surface area contributed by atoms with Gasteiger partial charge in [0.2, 0.25) is 0 Å². The van der Waals surface area contributed by atoms with Crippen molar-refractivity contribution in [3.05, 3.63) is 59.4 Å². The van der Waals surface area contributed by atoms with E-state index in [1.165, 1.54) is 18.3 Å². The van der Waals surface area contributed by atoms with Crippen LogP contribution in [0.25, 0.3) is 0 Å². The monoisotopic (exact) mass is 274 g/mol. The summed E-state index contributed by atoms with van der Waals surface area (Å²) in [5, 5.41) is 10.9. The first kappa shape index (κ1) is 12.7. The fourth-order valence-corrected chi connectivity index (χ4v) is 2.36. The molecule has 0 amide bonds. The number of ether oxygens (including phenoxy) is 1. The molecule has 0 atom stereocenters. The van der Waals surface area contributed by atoms with E-state index < -0.39 is 5.82 Å². The Bertz CT molecular complexity index is 635. The molecule has 0 saturated heterocycles. The van der Waals surface area contributed by atoms with Gasteiger partial charge < -0.3 is 10.5 Å². The first-order chi connectivity index (χ1) is 9.65. The van der Waals surface area contributed by atoms with Gasteiger partial charge >= 0.3 is 0 Å². The highest BCUT2D eigenvalue weighted by Crippen LogP contribution is 2.33. The number of fused-ring (bicyclic) bond motifs is 1. The van der Waals surface area contributed by atoms with E-state index in [0.717, 1.165) is 35.6 Å². The van der Waals surface area contributed by atoms with Crippen LogP contribution >= 0.6 is 0 Å². The second-order valence-electron chi connectivity index (χ2n) is 4.77. The second kappa shape index (κ2) is 5.02. The fraction of sp³-hybridized carbons (Fsp3) is 0.200. The maximum Gasteiger partial charge on any atom is 0.149 e. The molecular formula is C15H15FN2O2. The van der Waals surface area contributed by atoms with Gasteiger partial charge in [-0.05, 0) is 37.5 Å². The molecule has 4 nitrogen and oxygen atoms in total. The lowest BCUT2D eigenvalue weighted by Crippen LogP contribution is -2.21. The lowest BCUT2D eigenvalue weighted by Gasteiger charge is -2.28. The van der Waals surface area contributed by atoms with Crippen LogP contribution in [0.3, 0.4) is 0 Å². The third-order valence-corrected chi connectivity index (χ3v) is 3.39. The van der Waals surface area contributed by atoms with Crippen molar-refractivity contribution in [2.75, 3.05) is 5.73 Å². The van der Waals surface area contributed by atoms with Crippen molar-refractivity contribution in [3.8, 4) is 5.75 Å². The molecule has 1 aromatic rings. The Kier molecular flexibility index (Phi) is 3.20. The van der Waals surface area contributed by atoms with Crippen LogP contribution in [0.5, 0.6) is 5.75 Å². The highest BCUT2D eigenvalue weighted by Gasteiger charge is 2.22. The number of rotatable bonds is 2. The number of hydrogen-bond acceptors (Lipinski definition) is 4. The van der Waals surface area contributed by atoms with Gasteiger partial charge in [0.1, 0.15) is 17.3 Å². The van der Waals surface area contributed by atoms with Crippen molar-refractivity contribution < 1.29 is 14.3 Å². The average molecular weight is 274 g/mol. The normalized spacial score (nSPS) is 17.9. The zero-order valence-electron chi connectivity index (χ0n) is 10.8. The van der Waals surface area contributed by atoms with E-state index >= 15 is 0 Å². The minimum absolute atomic E-state index is 0.0916. The molecule has 5 heteroatoms. The van der Waals surface area contributed by atoms with E-state index in [0.29, 0.717) is 11.5 Å². The Balaban J connectivity index is 1.93. The van der Waals surface area contributed by atoms with Gasteiger partial charge in [0.15, 0.2) is 0 Å². The average Bonchev–Trinajstić information content (AvgIpc) is 2.46. The molecule has 0 aromatic heterocycles. The minimum atomic E-state index is -0.504. The van der Waals surface area contributed by atoms with E-state index in [2.05, 4.69) is 0 Å². The number of benzene rings is 1. The third kappa shape index (κ3) is 2.28. The quantitative estimate of drug-likeness (QED) is 0.812. The van der Waals surface area contributed by atoms with E-state index in [1.54, 1.807) is 12.1 Å². The van der Waals surface area contributed by atoms with Gasteiger partial charge in [-0.15, -0.1) is 0 Å². The van der Waals surface area contributed by atoms with E-state index in [-0.39, 0.29) is 5.69 Å². The smallest absolute Gasteiger partial charge is 0.149 e. The zero-order valence-corrected chi connectivity index (χ0v) is 10.8. The third-order valence-electron chi connectivity index (χ3n) is 3.39. The van der Waals surface area contributed by atoms with Crippen molar-refractivity contribution in [2.45, 2.75) is 19.3 Å². The molecule has 1 aliphatic heterocycles. The first-order valence-electron chi connectivity index (χ1n) is 6.48. The van der Waals surface area contributed by atoms with Crippen LogP contribution < -0.4 is 10.5 Å². The number of nitrogens with zero attached hydrogens (tertiary/aromatic N) is 1. The summed E-state index contributed by atoms with van der Waals surface area (Å²) in [6, 6.07) is 4.35. The van der Waals surface area contributed by atoms with Gasteiger partial charge in [-0.3, -0.25) is 5.21 Å². The summed E-state index contributed by atoms with van der Waals surface area (Å²) >= 11 is 0. The number of hydroxylamine groups is 2. The number of nitrogens with two attached hydrogens (primary N) is 1. The van der Waals surface area contributed by atoms with Crippen LogP contribution in [0.1, 0.15) is 19.3 Å². The van der Waals surface area contributed by atoms with Gasteiger partial charge in [-0.25, -0.2) is 9.45 Å². The lowest BCUT2D eigenvalue weighted by molar-refractivity contribution is -0.00489. The molecule has 0 bridgehead atoms. The van der Waals surface area contributed by atoms with Crippen molar-refractivity contribution in [1.29, 1.82) is 0 Å². The standard InChI is InChI=1S/C15H15FN2O2/c16-12-9-10(5-6-13(12)17)20-15-7-8-18(19)14-4-2-1-3-11(14)15/h4-9,19H,1-3,17H2. The molecule has 0 unspecified atom stereocenters. The van der Waals surface area contributed by atoms with E-state index in [9.17, 15) is 9.60 Å². The predicted molar refractivity (Wildman–Crippen MR) is 73.2 cm³/mol. The van der Waals surface area contributed by atoms with Crippen LogP contribution in [-0.2, 0) is 0 Å². The second-order valence-corrected chi connectivity index (χ2v) is 4.77. The largest absolute Gasteiger partial charge is 0.457 e. The molecule has 3 rings (SSSR count). The van der Waals surface area contributed by atoms with Crippen LogP contribution in [0.2, 0.25) is 0 Å². The van der Waals surface area contributed by atoms with Crippen LogP contribution in [0, 0.1) is 5.82 Å². The number of nitrogen functional groups attached to an aromatic ring is 1. The van der Waals surface area contributed by atoms with Crippen molar-refractivity contribution in [3.63, 3.8) is 0 Å². The highest BCUT2D eigenvalue weighted by molar-refractivity contribution is 5.46. The number of halogens is 1. The molecule has 0 radical (unpaired) electrons. The summed E-state index contributed by atoms with van der Waals surface area (Å²) in [5.41, 5.74) is 7.20.